The van der Waals surface area contributed by atoms with E-state index in [2.05, 4.69) is 5.32 Å². The minimum absolute atomic E-state index is 0.0743. The van der Waals surface area contributed by atoms with Gasteiger partial charge in [0.15, 0.2) is 0 Å². The van der Waals surface area contributed by atoms with Crippen LogP contribution in [0.25, 0.3) is 0 Å². The maximum Gasteiger partial charge on any atom is 0.226 e. The molecule has 2 aromatic rings. The summed E-state index contributed by atoms with van der Waals surface area (Å²) in [5.41, 5.74) is 2.21. The van der Waals surface area contributed by atoms with Gasteiger partial charge in [0.25, 0.3) is 0 Å². The quantitative estimate of drug-likeness (QED) is 0.825. The van der Waals surface area contributed by atoms with Gasteiger partial charge in [0.1, 0.15) is 4.33 Å². The van der Waals surface area contributed by atoms with Crippen molar-refractivity contribution in [1.29, 1.82) is 0 Å². The van der Waals surface area contributed by atoms with Crippen molar-refractivity contribution in [2.45, 2.75) is 16.7 Å². The van der Waals surface area contributed by atoms with Crippen molar-refractivity contribution < 1.29 is 4.79 Å². The Morgan fingerprint density at radius 3 is 2.23 bits per heavy atom. The van der Waals surface area contributed by atoms with Crippen LogP contribution in [-0.2, 0) is 11.2 Å². The lowest BCUT2D eigenvalue weighted by Crippen LogP contribution is -2.28. The summed E-state index contributed by atoms with van der Waals surface area (Å²) in [6.07, 6.45) is 0.798. The number of alkyl halides is 2. The van der Waals surface area contributed by atoms with Crippen LogP contribution in [0.2, 0.25) is 0 Å². The molecule has 2 atom stereocenters. The second kappa shape index (κ2) is 6.31. The van der Waals surface area contributed by atoms with E-state index >= 15 is 0 Å². The zero-order valence-electron chi connectivity index (χ0n) is 12.0. The molecule has 0 radical (unpaired) electrons. The SMILES string of the molecule is O=C(NCCc1ccccc1)[C@H]1[C@@H](c2ccccc2)C1(Cl)Cl. The van der Waals surface area contributed by atoms with Crippen LogP contribution >= 0.6 is 23.2 Å². The molecule has 2 aromatic carbocycles. The lowest BCUT2D eigenvalue weighted by Gasteiger charge is -2.05. The maximum absolute atomic E-state index is 12.3. The summed E-state index contributed by atoms with van der Waals surface area (Å²) in [4.78, 5) is 12.3. The van der Waals surface area contributed by atoms with Crippen molar-refractivity contribution in [3.63, 3.8) is 0 Å². The number of hydrogen-bond acceptors (Lipinski definition) is 1. The predicted octanol–water partition coefficient (Wildman–Crippen LogP) is 3.93. The zero-order valence-corrected chi connectivity index (χ0v) is 13.5. The van der Waals surface area contributed by atoms with E-state index in [0.717, 1.165) is 12.0 Å². The first kappa shape index (κ1) is 15.4. The second-order valence-corrected chi connectivity index (χ2v) is 7.01. The Bertz CT molecular complexity index is 643. The summed E-state index contributed by atoms with van der Waals surface area (Å²) in [5.74, 6) is -0.586. The smallest absolute Gasteiger partial charge is 0.226 e. The van der Waals surface area contributed by atoms with Gasteiger partial charge in [-0.25, -0.2) is 0 Å². The second-order valence-electron chi connectivity index (χ2n) is 5.57. The summed E-state index contributed by atoms with van der Waals surface area (Å²) in [6, 6.07) is 19.8. The third-order valence-corrected chi connectivity index (χ3v) is 4.99. The number of rotatable bonds is 5. The minimum atomic E-state index is -1.00. The van der Waals surface area contributed by atoms with Gasteiger partial charge in [-0.1, -0.05) is 60.7 Å². The zero-order chi connectivity index (χ0) is 15.6. The lowest BCUT2D eigenvalue weighted by molar-refractivity contribution is -0.122. The molecule has 2 nitrogen and oxygen atoms in total. The summed E-state index contributed by atoms with van der Waals surface area (Å²) in [5, 5.41) is 2.94. The number of amides is 1. The Morgan fingerprint density at radius 2 is 1.59 bits per heavy atom. The molecule has 0 saturated heterocycles. The molecule has 0 bridgehead atoms. The summed E-state index contributed by atoms with van der Waals surface area (Å²) < 4.78 is -1.00. The fraction of sp³-hybridized carbons (Fsp3) is 0.278. The van der Waals surface area contributed by atoms with Gasteiger partial charge in [0, 0.05) is 12.5 Å². The maximum atomic E-state index is 12.3. The van der Waals surface area contributed by atoms with Crippen molar-refractivity contribution in [3.8, 4) is 0 Å². The first-order valence-electron chi connectivity index (χ1n) is 7.35. The molecule has 0 aromatic heterocycles. The van der Waals surface area contributed by atoms with E-state index in [9.17, 15) is 4.79 Å². The van der Waals surface area contributed by atoms with Gasteiger partial charge in [-0.15, -0.1) is 23.2 Å². The molecular weight excluding hydrogens is 317 g/mol. The standard InChI is InChI=1S/C18H17Cl2NO/c19-18(20)15(14-9-5-2-6-10-14)16(18)17(22)21-12-11-13-7-3-1-4-8-13/h1-10,15-16H,11-12H2,(H,21,22)/t15-,16-/m1/s1. The van der Waals surface area contributed by atoms with Crippen LogP contribution in [0.3, 0.4) is 0 Å². The molecule has 1 aliphatic carbocycles. The molecule has 22 heavy (non-hydrogen) atoms. The van der Waals surface area contributed by atoms with Crippen molar-refractivity contribution in [1.82, 2.24) is 5.32 Å². The Kier molecular flexibility index (Phi) is 4.42. The Morgan fingerprint density at radius 1 is 1.00 bits per heavy atom. The fourth-order valence-corrected chi connectivity index (χ4v) is 3.64. The average Bonchev–Trinajstić information content (AvgIpc) is 3.12. The molecule has 1 fully saturated rings. The Hall–Kier alpha value is -1.51. The van der Waals surface area contributed by atoms with Crippen LogP contribution in [0.1, 0.15) is 17.0 Å². The topological polar surface area (TPSA) is 29.1 Å². The van der Waals surface area contributed by atoms with Crippen molar-refractivity contribution in [2.24, 2.45) is 5.92 Å². The highest BCUT2D eigenvalue weighted by atomic mass is 35.5. The lowest BCUT2D eigenvalue weighted by atomic mass is 10.1. The van der Waals surface area contributed by atoms with E-state index in [1.54, 1.807) is 0 Å². The van der Waals surface area contributed by atoms with Crippen LogP contribution < -0.4 is 5.32 Å². The molecule has 1 aliphatic rings. The minimum Gasteiger partial charge on any atom is -0.355 e. The summed E-state index contributed by atoms with van der Waals surface area (Å²) in [6.45, 7) is 0.588. The van der Waals surface area contributed by atoms with Crippen LogP contribution in [0.5, 0.6) is 0 Å². The third kappa shape index (κ3) is 3.13. The third-order valence-electron chi connectivity index (χ3n) is 4.05. The highest BCUT2D eigenvalue weighted by molar-refractivity contribution is 6.53. The van der Waals surface area contributed by atoms with Gasteiger partial charge in [-0.2, -0.15) is 0 Å². The van der Waals surface area contributed by atoms with Crippen LogP contribution in [0.15, 0.2) is 60.7 Å². The molecule has 4 heteroatoms. The highest BCUT2D eigenvalue weighted by Gasteiger charge is 2.67. The number of benzene rings is 2. The number of carbonyl (C=O) groups excluding carboxylic acids is 1. The Balaban J connectivity index is 1.57. The molecular formula is C18H17Cl2NO. The number of halogens is 2. The van der Waals surface area contributed by atoms with E-state index in [1.165, 1.54) is 5.56 Å². The number of hydrogen-bond donors (Lipinski definition) is 1. The molecule has 1 saturated carbocycles. The number of nitrogens with one attached hydrogen (secondary N) is 1. The molecule has 0 spiro atoms. The van der Waals surface area contributed by atoms with Gasteiger partial charge in [0.05, 0.1) is 5.92 Å². The summed E-state index contributed by atoms with van der Waals surface area (Å²) >= 11 is 12.6. The van der Waals surface area contributed by atoms with Gasteiger partial charge < -0.3 is 5.32 Å². The van der Waals surface area contributed by atoms with E-state index in [-0.39, 0.29) is 17.7 Å². The molecule has 1 amide bonds. The first-order chi connectivity index (χ1) is 10.6. The van der Waals surface area contributed by atoms with E-state index in [0.29, 0.717) is 6.54 Å². The summed E-state index contributed by atoms with van der Waals surface area (Å²) in [7, 11) is 0. The van der Waals surface area contributed by atoms with Crippen molar-refractivity contribution in [2.75, 3.05) is 6.54 Å². The van der Waals surface area contributed by atoms with Crippen LogP contribution in [0.4, 0.5) is 0 Å². The molecule has 0 heterocycles. The predicted molar refractivity (Wildman–Crippen MR) is 90.3 cm³/mol. The monoisotopic (exact) mass is 333 g/mol. The molecule has 0 aliphatic heterocycles. The van der Waals surface area contributed by atoms with Crippen molar-refractivity contribution in [3.05, 3.63) is 71.8 Å². The van der Waals surface area contributed by atoms with Crippen LogP contribution in [-0.4, -0.2) is 16.8 Å². The number of carbonyl (C=O) groups is 1. The van der Waals surface area contributed by atoms with E-state index in [1.807, 2.05) is 60.7 Å². The van der Waals surface area contributed by atoms with E-state index < -0.39 is 4.33 Å². The van der Waals surface area contributed by atoms with Crippen LogP contribution in [0, 0.1) is 5.92 Å². The average molecular weight is 334 g/mol. The van der Waals surface area contributed by atoms with Crippen molar-refractivity contribution >= 4 is 29.1 Å². The largest absolute Gasteiger partial charge is 0.355 e. The first-order valence-corrected chi connectivity index (χ1v) is 8.10. The molecule has 3 rings (SSSR count). The fourth-order valence-electron chi connectivity index (χ4n) is 2.81. The van der Waals surface area contributed by atoms with Gasteiger partial charge in [0.2, 0.25) is 5.91 Å². The van der Waals surface area contributed by atoms with Gasteiger partial charge in [-0.3, -0.25) is 4.79 Å². The normalized spacial score (nSPS) is 22.1. The van der Waals surface area contributed by atoms with E-state index in [4.69, 9.17) is 23.2 Å². The molecule has 114 valence electrons. The molecule has 0 unspecified atom stereocenters. The highest BCUT2D eigenvalue weighted by Crippen LogP contribution is 2.64. The molecule has 1 N–H and O–H groups in total. The van der Waals surface area contributed by atoms with Gasteiger partial charge >= 0.3 is 0 Å². The van der Waals surface area contributed by atoms with Gasteiger partial charge in [-0.05, 0) is 17.5 Å². The Labute approximate surface area is 140 Å².